The van der Waals surface area contributed by atoms with E-state index in [-0.39, 0.29) is 35.3 Å². The summed E-state index contributed by atoms with van der Waals surface area (Å²) in [5.41, 5.74) is 0.443. The summed E-state index contributed by atoms with van der Waals surface area (Å²) < 4.78 is 26.7. The van der Waals surface area contributed by atoms with Crippen LogP contribution in [0.4, 0.5) is 0 Å². The second-order valence-electron chi connectivity index (χ2n) is 5.39. The zero-order valence-corrected chi connectivity index (χ0v) is 14.5. The van der Waals surface area contributed by atoms with Gasteiger partial charge in [-0.3, -0.25) is 4.79 Å². The Kier molecular flexibility index (Phi) is 6.37. The van der Waals surface area contributed by atoms with Crippen LogP contribution in [0.1, 0.15) is 24.2 Å². The van der Waals surface area contributed by atoms with Gasteiger partial charge in [0.1, 0.15) is 0 Å². The van der Waals surface area contributed by atoms with Crippen LogP contribution in [0.5, 0.6) is 0 Å². The first-order valence-electron chi connectivity index (χ1n) is 6.93. The highest BCUT2D eigenvalue weighted by Gasteiger charge is 2.31. The number of nitrogens with zero attached hydrogens (tertiary/aromatic N) is 1. The molecule has 8 heteroatoms. The monoisotopic (exact) mass is 347 g/mol. The van der Waals surface area contributed by atoms with Gasteiger partial charge in [-0.2, -0.15) is 4.31 Å². The molecule has 2 N–H and O–H groups in total. The van der Waals surface area contributed by atoms with Crippen molar-refractivity contribution < 1.29 is 13.2 Å². The fraction of sp³-hybridized carbons (Fsp3) is 0.500. The quantitative estimate of drug-likeness (QED) is 0.849. The standard InChI is InChI=1S/C14H21N3O3S.ClH/c1-10-8-17(9-11(2)16-10)21(19,20)13-6-4-12(5-7-13)14(18)15-3;/h4-7,10-11,16H,8-9H2,1-3H3,(H,15,18);1H. The van der Waals surface area contributed by atoms with Crippen LogP contribution in [0.25, 0.3) is 0 Å². The molecule has 6 nitrogen and oxygen atoms in total. The molecule has 0 radical (unpaired) electrons. The minimum absolute atomic E-state index is 0. The first-order valence-corrected chi connectivity index (χ1v) is 8.37. The molecule has 0 aromatic heterocycles. The number of hydrogen-bond acceptors (Lipinski definition) is 4. The van der Waals surface area contributed by atoms with Crippen molar-refractivity contribution in [1.29, 1.82) is 0 Å². The highest BCUT2D eigenvalue weighted by Crippen LogP contribution is 2.19. The number of carbonyl (C=O) groups is 1. The molecule has 1 amide bonds. The maximum atomic E-state index is 12.6. The van der Waals surface area contributed by atoms with E-state index in [1.54, 1.807) is 0 Å². The minimum Gasteiger partial charge on any atom is -0.355 e. The van der Waals surface area contributed by atoms with Gasteiger partial charge in [0.05, 0.1) is 4.90 Å². The van der Waals surface area contributed by atoms with Gasteiger partial charge in [-0.1, -0.05) is 0 Å². The third-order valence-corrected chi connectivity index (χ3v) is 5.35. The number of benzene rings is 1. The van der Waals surface area contributed by atoms with E-state index >= 15 is 0 Å². The molecule has 1 aromatic carbocycles. The third-order valence-electron chi connectivity index (χ3n) is 3.51. The number of piperazine rings is 1. The van der Waals surface area contributed by atoms with Crippen LogP contribution in [0.15, 0.2) is 29.2 Å². The van der Waals surface area contributed by atoms with E-state index in [1.807, 2.05) is 13.8 Å². The van der Waals surface area contributed by atoms with Gasteiger partial charge in [-0.15, -0.1) is 12.4 Å². The summed E-state index contributed by atoms with van der Waals surface area (Å²) in [7, 11) is -1.98. The van der Waals surface area contributed by atoms with Crippen LogP contribution < -0.4 is 10.6 Å². The Morgan fingerprint density at radius 3 is 2.14 bits per heavy atom. The van der Waals surface area contributed by atoms with Gasteiger partial charge in [0.2, 0.25) is 10.0 Å². The van der Waals surface area contributed by atoms with Gasteiger partial charge in [0, 0.05) is 37.8 Å². The number of carbonyl (C=O) groups excluding carboxylic acids is 1. The topological polar surface area (TPSA) is 78.5 Å². The predicted molar refractivity (Wildman–Crippen MR) is 87.9 cm³/mol. The predicted octanol–water partition coefficient (Wildman–Crippen LogP) is 0.839. The molecule has 1 fully saturated rings. The molecule has 0 aliphatic carbocycles. The van der Waals surface area contributed by atoms with Crippen LogP contribution in [0.2, 0.25) is 0 Å². The molecule has 22 heavy (non-hydrogen) atoms. The number of nitrogens with one attached hydrogen (secondary N) is 2. The van der Waals surface area contributed by atoms with Crippen molar-refractivity contribution in [3.8, 4) is 0 Å². The van der Waals surface area contributed by atoms with Crippen molar-refractivity contribution in [3.63, 3.8) is 0 Å². The summed E-state index contributed by atoms with van der Waals surface area (Å²) in [6.45, 7) is 4.83. The Labute approximate surface area is 137 Å². The minimum atomic E-state index is -3.52. The average Bonchev–Trinajstić information content (AvgIpc) is 2.45. The van der Waals surface area contributed by atoms with Gasteiger partial charge >= 0.3 is 0 Å². The van der Waals surface area contributed by atoms with Crippen molar-refractivity contribution >= 4 is 28.3 Å². The van der Waals surface area contributed by atoms with Gasteiger partial charge in [0.25, 0.3) is 5.91 Å². The summed E-state index contributed by atoms with van der Waals surface area (Å²) in [5, 5.41) is 5.81. The maximum Gasteiger partial charge on any atom is 0.251 e. The number of halogens is 1. The zero-order chi connectivity index (χ0) is 15.6. The van der Waals surface area contributed by atoms with Crippen LogP contribution in [0.3, 0.4) is 0 Å². The summed E-state index contributed by atoms with van der Waals surface area (Å²) in [5.74, 6) is -0.233. The van der Waals surface area contributed by atoms with Crippen molar-refractivity contribution in [2.75, 3.05) is 20.1 Å². The SMILES string of the molecule is CNC(=O)c1ccc(S(=O)(=O)N2CC(C)NC(C)C2)cc1.Cl. The smallest absolute Gasteiger partial charge is 0.251 e. The van der Waals surface area contributed by atoms with E-state index in [1.165, 1.54) is 35.6 Å². The highest BCUT2D eigenvalue weighted by atomic mass is 35.5. The van der Waals surface area contributed by atoms with Crippen LogP contribution in [0, 0.1) is 0 Å². The van der Waals surface area contributed by atoms with E-state index in [4.69, 9.17) is 0 Å². The van der Waals surface area contributed by atoms with E-state index < -0.39 is 10.0 Å². The number of rotatable bonds is 3. The summed E-state index contributed by atoms with van der Waals surface area (Å²) in [6, 6.07) is 6.26. The Balaban J connectivity index is 0.00000242. The molecule has 0 bridgehead atoms. The van der Waals surface area contributed by atoms with Crippen molar-refractivity contribution in [1.82, 2.24) is 14.9 Å². The molecule has 124 valence electrons. The molecule has 1 aliphatic rings. The molecule has 1 aliphatic heterocycles. The maximum absolute atomic E-state index is 12.6. The summed E-state index contributed by atoms with van der Waals surface area (Å²) >= 11 is 0. The fourth-order valence-electron chi connectivity index (χ4n) is 2.54. The molecule has 1 saturated heterocycles. The summed E-state index contributed by atoms with van der Waals surface area (Å²) in [4.78, 5) is 11.7. The molecule has 1 aromatic rings. The second kappa shape index (κ2) is 7.41. The fourth-order valence-corrected chi connectivity index (χ4v) is 4.16. The molecule has 0 spiro atoms. The lowest BCUT2D eigenvalue weighted by Crippen LogP contribution is -2.55. The van der Waals surface area contributed by atoms with Gasteiger partial charge in [-0.05, 0) is 38.1 Å². The first kappa shape index (κ1) is 18.9. The molecule has 1 heterocycles. The normalized spacial score (nSPS) is 22.7. The summed E-state index contributed by atoms with van der Waals surface area (Å²) in [6.07, 6.45) is 0. The Bertz CT molecular complexity index is 609. The Morgan fingerprint density at radius 1 is 1.18 bits per heavy atom. The van der Waals surface area contributed by atoms with E-state index in [2.05, 4.69) is 10.6 Å². The van der Waals surface area contributed by atoms with Crippen LogP contribution >= 0.6 is 12.4 Å². The van der Waals surface area contributed by atoms with Gasteiger partial charge in [-0.25, -0.2) is 8.42 Å². The average molecular weight is 348 g/mol. The Hall–Kier alpha value is -1.15. The number of hydrogen-bond donors (Lipinski definition) is 2. The van der Waals surface area contributed by atoms with Crippen molar-refractivity contribution in [2.45, 2.75) is 30.8 Å². The van der Waals surface area contributed by atoms with E-state index in [0.29, 0.717) is 18.7 Å². The molecular weight excluding hydrogens is 326 g/mol. The van der Waals surface area contributed by atoms with Crippen molar-refractivity contribution in [2.24, 2.45) is 0 Å². The lowest BCUT2D eigenvalue weighted by atomic mass is 10.2. The third kappa shape index (κ3) is 3.98. The van der Waals surface area contributed by atoms with E-state index in [0.717, 1.165) is 0 Å². The first-order chi connectivity index (χ1) is 9.84. The lowest BCUT2D eigenvalue weighted by Gasteiger charge is -2.35. The zero-order valence-electron chi connectivity index (χ0n) is 12.9. The number of amides is 1. The molecular formula is C14H22ClN3O3S. The van der Waals surface area contributed by atoms with Crippen molar-refractivity contribution in [3.05, 3.63) is 29.8 Å². The lowest BCUT2D eigenvalue weighted by molar-refractivity contribution is 0.0963. The second-order valence-corrected chi connectivity index (χ2v) is 7.33. The van der Waals surface area contributed by atoms with Crippen LogP contribution in [-0.4, -0.2) is 50.9 Å². The molecule has 2 unspecified atom stereocenters. The van der Waals surface area contributed by atoms with Crippen LogP contribution in [-0.2, 0) is 10.0 Å². The largest absolute Gasteiger partial charge is 0.355 e. The highest BCUT2D eigenvalue weighted by molar-refractivity contribution is 7.89. The molecule has 2 atom stereocenters. The molecule has 2 rings (SSSR count). The number of sulfonamides is 1. The molecule has 0 saturated carbocycles. The van der Waals surface area contributed by atoms with Gasteiger partial charge < -0.3 is 10.6 Å². The Morgan fingerprint density at radius 2 is 1.68 bits per heavy atom. The van der Waals surface area contributed by atoms with E-state index in [9.17, 15) is 13.2 Å². The van der Waals surface area contributed by atoms with Gasteiger partial charge in [0.15, 0.2) is 0 Å².